The number of hydrogen-bond donors (Lipinski definition) is 1. The van der Waals surface area contributed by atoms with Crippen LogP contribution in [0.1, 0.15) is 54.4 Å². The van der Waals surface area contributed by atoms with Crippen LogP contribution in [-0.4, -0.2) is 29.6 Å². The number of rotatable bonds is 3. The second-order valence-corrected chi connectivity index (χ2v) is 8.80. The van der Waals surface area contributed by atoms with Crippen LogP contribution in [-0.2, 0) is 6.42 Å². The fourth-order valence-electron chi connectivity index (χ4n) is 4.77. The maximum Gasteiger partial charge on any atom is 0.0796 e. The number of aliphatic hydroxyl groups is 1. The number of likely N-dealkylation sites (tertiary alicyclic amines) is 1. The molecule has 0 unspecified atom stereocenters. The van der Waals surface area contributed by atoms with Crippen molar-refractivity contribution in [1.29, 1.82) is 0 Å². The monoisotopic (exact) mass is 449 g/mol. The van der Waals surface area contributed by atoms with Crippen molar-refractivity contribution in [3.05, 3.63) is 69.7 Å². The van der Waals surface area contributed by atoms with Gasteiger partial charge in [-0.05, 0) is 79.8 Å². The van der Waals surface area contributed by atoms with E-state index in [2.05, 4.69) is 63.3 Å². The molecule has 0 spiro atoms. The first-order valence-electron chi connectivity index (χ1n) is 9.93. The third-order valence-corrected chi connectivity index (χ3v) is 6.99. The molecule has 2 nitrogen and oxygen atoms in total. The van der Waals surface area contributed by atoms with Gasteiger partial charge in [-0.15, -0.1) is 12.4 Å². The molecule has 0 saturated carbocycles. The van der Waals surface area contributed by atoms with E-state index >= 15 is 0 Å². The molecule has 4 rings (SSSR count). The summed E-state index contributed by atoms with van der Waals surface area (Å²) < 4.78 is 1.15. The lowest BCUT2D eigenvalue weighted by Crippen LogP contribution is -2.36. The molecule has 0 amide bonds. The van der Waals surface area contributed by atoms with E-state index in [9.17, 15) is 5.11 Å². The average Bonchev–Trinajstić information content (AvgIpc) is 2.83. The van der Waals surface area contributed by atoms with Gasteiger partial charge >= 0.3 is 0 Å². The summed E-state index contributed by atoms with van der Waals surface area (Å²) in [5.74, 6) is 1.30. The number of benzene rings is 2. The second kappa shape index (κ2) is 9.56. The van der Waals surface area contributed by atoms with E-state index in [1.807, 2.05) is 6.07 Å². The zero-order valence-corrected chi connectivity index (χ0v) is 18.1. The van der Waals surface area contributed by atoms with Gasteiger partial charge in [0.25, 0.3) is 0 Å². The Morgan fingerprint density at radius 3 is 2.44 bits per heavy atom. The molecule has 2 aromatic carbocycles. The van der Waals surface area contributed by atoms with Crippen molar-refractivity contribution in [1.82, 2.24) is 4.90 Å². The molecule has 0 aromatic heterocycles. The van der Waals surface area contributed by atoms with Gasteiger partial charge in [0, 0.05) is 11.0 Å². The smallest absolute Gasteiger partial charge is 0.0796 e. The molecule has 1 N–H and O–H groups in total. The molecule has 2 aliphatic rings. The predicted molar refractivity (Wildman–Crippen MR) is 118 cm³/mol. The molecule has 1 heterocycles. The number of halogens is 2. The number of piperidine rings is 1. The molecule has 146 valence electrons. The average molecular weight is 451 g/mol. The van der Waals surface area contributed by atoms with Crippen molar-refractivity contribution >= 4 is 28.3 Å². The highest BCUT2D eigenvalue weighted by Crippen LogP contribution is 2.36. The summed E-state index contributed by atoms with van der Waals surface area (Å²) in [4.78, 5) is 2.63. The third-order valence-electron chi connectivity index (χ3n) is 6.25. The van der Waals surface area contributed by atoms with E-state index in [-0.39, 0.29) is 18.5 Å². The van der Waals surface area contributed by atoms with Gasteiger partial charge in [0.2, 0.25) is 0 Å². The number of fused-ring (bicyclic) bond motifs is 1. The summed E-state index contributed by atoms with van der Waals surface area (Å²) in [5.41, 5.74) is 3.94. The summed E-state index contributed by atoms with van der Waals surface area (Å²) in [5, 5.41) is 10.7. The second-order valence-electron chi connectivity index (χ2n) is 7.95. The van der Waals surface area contributed by atoms with Crippen molar-refractivity contribution in [3.63, 3.8) is 0 Å². The molecule has 2 atom stereocenters. The summed E-state index contributed by atoms with van der Waals surface area (Å²) in [7, 11) is 0. The fraction of sp³-hybridized carbons (Fsp3) is 0.478. The van der Waals surface area contributed by atoms with Crippen LogP contribution in [0.4, 0.5) is 0 Å². The summed E-state index contributed by atoms with van der Waals surface area (Å²) >= 11 is 3.67. The predicted octanol–water partition coefficient (Wildman–Crippen LogP) is 5.74. The first kappa shape index (κ1) is 20.9. The van der Waals surface area contributed by atoms with Crippen LogP contribution in [0.25, 0.3) is 0 Å². The first-order valence-corrected chi connectivity index (χ1v) is 10.7. The highest BCUT2D eigenvalue weighted by Gasteiger charge is 2.27. The van der Waals surface area contributed by atoms with E-state index in [0.29, 0.717) is 11.8 Å². The highest BCUT2D eigenvalue weighted by molar-refractivity contribution is 9.10. The van der Waals surface area contributed by atoms with Gasteiger partial charge in [-0.25, -0.2) is 0 Å². The van der Waals surface area contributed by atoms with Crippen molar-refractivity contribution in [2.75, 3.05) is 19.6 Å². The molecular weight excluding hydrogens is 422 g/mol. The molecule has 4 heteroatoms. The topological polar surface area (TPSA) is 23.5 Å². The van der Waals surface area contributed by atoms with Crippen LogP contribution in [0.15, 0.2) is 53.0 Å². The molecule has 1 aliphatic carbocycles. The van der Waals surface area contributed by atoms with E-state index in [4.69, 9.17) is 0 Å². The summed E-state index contributed by atoms with van der Waals surface area (Å²) in [6, 6.07) is 17.2. The van der Waals surface area contributed by atoms with Gasteiger partial charge in [-0.2, -0.15) is 0 Å². The van der Waals surface area contributed by atoms with Crippen molar-refractivity contribution in [2.45, 2.75) is 44.1 Å². The van der Waals surface area contributed by atoms with Crippen molar-refractivity contribution in [3.8, 4) is 0 Å². The molecular formula is C23H29BrClNO. The zero-order chi connectivity index (χ0) is 17.9. The van der Waals surface area contributed by atoms with Gasteiger partial charge in [0.05, 0.1) is 6.10 Å². The van der Waals surface area contributed by atoms with Crippen LogP contribution in [0.3, 0.4) is 0 Å². The number of nitrogens with zero attached hydrogens (tertiary/aromatic N) is 1. The summed E-state index contributed by atoms with van der Waals surface area (Å²) in [6.07, 6.45) is 5.32. The van der Waals surface area contributed by atoms with Crippen LogP contribution < -0.4 is 0 Å². The molecule has 1 fully saturated rings. The van der Waals surface area contributed by atoms with Crippen LogP contribution in [0.5, 0.6) is 0 Å². The van der Waals surface area contributed by atoms with Crippen LogP contribution in [0, 0.1) is 5.92 Å². The lowest BCUT2D eigenvalue weighted by atomic mass is 9.88. The van der Waals surface area contributed by atoms with E-state index < -0.39 is 0 Å². The first-order chi connectivity index (χ1) is 12.7. The largest absolute Gasteiger partial charge is 0.388 e. The van der Waals surface area contributed by atoms with Gasteiger partial charge in [0.15, 0.2) is 0 Å². The molecule has 1 aliphatic heterocycles. The molecule has 0 bridgehead atoms. The molecule has 0 radical (unpaired) electrons. The zero-order valence-electron chi connectivity index (χ0n) is 15.7. The Morgan fingerprint density at radius 1 is 0.963 bits per heavy atom. The lowest BCUT2D eigenvalue weighted by molar-refractivity contribution is 0.117. The van der Waals surface area contributed by atoms with E-state index in [1.54, 1.807) is 0 Å². The molecule has 2 aromatic rings. The normalized spacial score (nSPS) is 23.9. The van der Waals surface area contributed by atoms with Crippen molar-refractivity contribution < 1.29 is 5.11 Å². The Kier molecular flexibility index (Phi) is 7.38. The maximum atomic E-state index is 10.7. The number of hydrogen-bond acceptors (Lipinski definition) is 2. The fourth-order valence-corrected chi connectivity index (χ4v) is 5.35. The highest BCUT2D eigenvalue weighted by atomic mass is 79.9. The molecule has 27 heavy (non-hydrogen) atoms. The SMILES string of the molecule is Cl.O[C@H]1C[C@@H](CN2CCC(c3ccccc3)CC2)CCc2c(Br)cccc21. The Hall–Kier alpha value is -0.870. The molecule has 1 saturated heterocycles. The van der Waals surface area contributed by atoms with Crippen LogP contribution in [0.2, 0.25) is 0 Å². The minimum absolute atomic E-state index is 0. The minimum atomic E-state index is -0.322. The standard InChI is InChI=1S/C23H28BrNO.ClH/c24-22-8-4-7-21-20(22)10-9-17(15-23(21)26)16-25-13-11-19(12-14-25)18-5-2-1-3-6-18;/h1-8,17,19,23,26H,9-16H2;1H/t17-,23-;/m0./s1. The van der Waals surface area contributed by atoms with E-state index in [1.165, 1.54) is 43.5 Å². The lowest BCUT2D eigenvalue weighted by Gasteiger charge is -2.34. The quantitative estimate of drug-likeness (QED) is 0.603. The number of aliphatic hydroxyl groups excluding tert-OH is 1. The van der Waals surface area contributed by atoms with E-state index in [0.717, 1.165) is 29.4 Å². The Labute approximate surface area is 177 Å². The Morgan fingerprint density at radius 2 is 1.70 bits per heavy atom. The third kappa shape index (κ3) is 4.95. The van der Waals surface area contributed by atoms with Crippen LogP contribution >= 0.6 is 28.3 Å². The minimum Gasteiger partial charge on any atom is -0.388 e. The van der Waals surface area contributed by atoms with Gasteiger partial charge in [-0.1, -0.05) is 58.4 Å². The van der Waals surface area contributed by atoms with Gasteiger partial charge < -0.3 is 10.0 Å². The maximum absolute atomic E-state index is 10.7. The Balaban J connectivity index is 0.00000210. The summed E-state index contributed by atoms with van der Waals surface area (Å²) in [6.45, 7) is 3.50. The van der Waals surface area contributed by atoms with Crippen molar-refractivity contribution in [2.24, 2.45) is 5.92 Å². The Bertz CT molecular complexity index is 730. The van der Waals surface area contributed by atoms with Gasteiger partial charge in [0.1, 0.15) is 0 Å². The van der Waals surface area contributed by atoms with Gasteiger partial charge in [-0.3, -0.25) is 0 Å².